The highest BCUT2D eigenvalue weighted by atomic mass is 32.2. The highest BCUT2D eigenvalue weighted by Crippen LogP contribution is 2.39. The molecule has 3 aliphatic carbocycles. The van der Waals surface area contributed by atoms with Crippen molar-refractivity contribution in [3.8, 4) is 0 Å². The highest BCUT2D eigenvalue weighted by Gasteiger charge is 2.49. The minimum Gasteiger partial charge on any atom is -0.481 e. The van der Waals surface area contributed by atoms with Crippen LogP contribution in [0.4, 0.5) is 0 Å². The Morgan fingerprint density at radius 1 is 0.771 bits per heavy atom. The van der Waals surface area contributed by atoms with Gasteiger partial charge in [0.2, 0.25) is 11.8 Å². The van der Waals surface area contributed by atoms with Crippen molar-refractivity contribution in [2.45, 2.75) is 88.5 Å². The fraction of sp³-hybridized carbons (Fsp3) is 0.833. The predicted molar refractivity (Wildman–Crippen MR) is 127 cm³/mol. The van der Waals surface area contributed by atoms with Gasteiger partial charge in [-0.05, 0) is 70.1 Å². The van der Waals surface area contributed by atoms with Crippen molar-refractivity contribution < 1.29 is 37.8 Å². The molecule has 0 bridgehead atoms. The number of aliphatic carboxylic acids is 2. The van der Waals surface area contributed by atoms with Crippen molar-refractivity contribution in [1.82, 2.24) is 10.6 Å². The van der Waals surface area contributed by atoms with Crippen LogP contribution >= 0.6 is 0 Å². The van der Waals surface area contributed by atoms with Crippen LogP contribution in [0.2, 0.25) is 0 Å². The van der Waals surface area contributed by atoms with Gasteiger partial charge in [-0.2, -0.15) is 0 Å². The lowest BCUT2D eigenvalue weighted by Gasteiger charge is -2.37. The Balaban J connectivity index is 1.54. The molecule has 0 aromatic heterocycles. The Hall–Kier alpha value is -2.01. The second kappa shape index (κ2) is 12.3. The van der Waals surface area contributed by atoms with Crippen molar-refractivity contribution in [3.05, 3.63) is 0 Å². The molecule has 11 heteroatoms. The molecule has 0 spiro atoms. The van der Waals surface area contributed by atoms with Crippen LogP contribution in [-0.2, 0) is 34.4 Å². The molecule has 35 heavy (non-hydrogen) atoms. The molecule has 0 heterocycles. The molecule has 198 valence electrons. The first-order chi connectivity index (χ1) is 16.6. The van der Waals surface area contributed by atoms with Crippen LogP contribution in [0.25, 0.3) is 0 Å². The lowest BCUT2D eigenvalue weighted by molar-refractivity contribution is -0.159. The average molecular weight is 515 g/mol. The quantitative estimate of drug-likeness (QED) is 0.382. The summed E-state index contributed by atoms with van der Waals surface area (Å²) in [7, 11) is 1.37. The molecule has 3 aliphatic rings. The number of amides is 2. The molecule has 3 rings (SSSR count). The smallest absolute Gasteiger partial charge is 0.307 e. The molecule has 0 aromatic carbocycles. The van der Waals surface area contributed by atoms with Gasteiger partial charge in [0, 0.05) is 13.1 Å². The monoisotopic (exact) mass is 514 g/mol. The minimum absolute atomic E-state index is 0.0458. The lowest BCUT2D eigenvalue weighted by atomic mass is 9.67. The van der Waals surface area contributed by atoms with Crippen LogP contribution in [0.15, 0.2) is 0 Å². The molecular formula is C24H38N2O8S. The molecule has 3 fully saturated rings. The summed E-state index contributed by atoms with van der Waals surface area (Å²) >= 11 is -1.37. The number of carboxylic acids is 2. The van der Waals surface area contributed by atoms with Gasteiger partial charge in [-0.15, -0.1) is 0 Å². The van der Waals surface area contributed by atoms with E-state index in [1.807, 2.05) is 0 Å². The van der Waals surface area contributed by atoms with Crippen molar-refractivity contribution in [2.24, 2.45) is 29.6 Å². The zero-order valence-electron chi connectivity index (χ0n) is 20.4. The zero-order chi connectivity index (χ0) is 25.7. The normalized spacial score (nSPS) is 36.5. The summed E-state index contributed by atoms with van der Waals surface area (Å²) in [5, 5.41) is 24.5. The van der Waals surface area contributed by atoms with E-state index in [9.17, 15) is 33.6 Å². The Morgan fingerprint density at radius 2 is 1.29 bits per heavy atom. The highest BCUT2D eigenvalue weighted by molar-refractivity contribution is 7.80. The second-order valence-corrected chi connectivity index (χ2v) is 11.8. The number of hydrogen-bond donors (Lipinski definition) is 4. The van der Waals surface area contributed by atoms with Crippen molar-refractivity contribution >= 4 is 34.8 Å². The number of hydrogen-bond acceptors (Lipinski definition) is 6. The van der Waals surface area contributed by atoms with Crippen LogP contribution in [0.5, 0.6) is 0 Å². The summed E-state index contributed by atoms with van der Waals surface area (Å²) in [6.45, 7) is 2.22. The Bertz CT molecular complexity index is 820. The van der Waals surface area contributed by atoms with Gasteiger partial charge in [0.25, 0.3) is 0 Å². The predicted octanol–water partition coefficient (Wildman–Crippen LogP) is 1.85. The van der Waals surface area contributed by atoms with Gasteiger partial charge < -0.3 is 20.8 Å². The van der Waals surface area contributed by atoms with E-state index in [0.29, 0.717) is 31.6 Å². The van der Waals surface area contributed by atoms with Gasteiger partial charge in [-0.3, -0.25) is 23.4 Å². The summed E-state index contributed by atoms with van der Waals surface area (Å²) < 4.78 is 18.5. The average Bonchev–Trinajstić information content (AvgIpc) is 2.84. The van der Waals surface area contributed by atoms with Gasteiger partial charge in [-0.1, -0.05) is 6.92 Å². The maximum absolute atomic E-state index is 13.0. The van der Waals surface area contributed by atoms with Crippen LogP contribution in [-0.4, -0.2) is 62.6 Å². The molecule has 0 radical (unpaired) electrons. The van der Waals surface area contributed by atoms with Crippen molar-refractivity contribution in [1.29, 1.82) is 0 Å². The van der Waals surface area contributed by atoms with Gasteiger partial charge in [0.15, 0.2) is 11.1 Å². The first kappa shape index (κ1) is 27.6. The number of carbonyl (C=O) groups is 4. The molecule has 0 aliphatic heterocycles. The van der Waals surface area contributed by atoms with Gasteiger partial charge in [0.1, 0.15) is 0 Å². The first-order valence-electron chi connectivity index (χ1n) is 12.7. The summed E-state index contributed by atoms with van der Waals surface area (Å²) in [5.41, 5.74) is 0. The van der Waals surface area contributed by atoms with Crippen molar-refractivity contribution in [3.63, 3.8) is 0 Å². The fourth-order valence-electron chi connectivity index (χ4n) is 5.76. The number of carbonyl (C=O) groups excluding carboxylic acids is 2. The minimum atomic E-state index is -1.37. The lowest BCUT2D eigenvalue weighted by Crippen LogP contribution is -2.51. The number of carboxylic acid groups (broad SMARTS) is 2. The van der Waals surface area contributed by atoms with E-state index in [0.717, 1.165) is 25.7 Å². The van der Waals surface area contributed by atoms with Gasteiger partial charge >= 0.3 is 11.9 Å². The van der Waals surface area contributed by atoms with E-state index in [-0.39, 0.29) is 30.2 Å². The standard InChI is InChI=1S/C24H38N2O8S/c1-13-3-7-15(8-4-13)34-35(33)16-9-5-14(6-10-16)26-22(28)18-12-19(23(29)30)17(21(27)25-2)11-20(18)24(31)32/h13-20H,3-12H2,1-2H3,(H,25,27)(H,26,28)(H,29,30)(H,31,32). The molecular weight excluding hydrogens is 476 g/mol. The number of rotatable bonds is 8. The zero-order valence-corrected chi connectivity index (χ0v) is 21.3. The second-order valence-electron chi connectivity index (χ2n) is 10.4. The third-order valence-electron chi connectivity index (χ3n) is 8.03. The topological polar surface area (TPSA) is 159 Å². The number of nitrogens with one attached hydrogen (secondary N) is 2. The SMILES string of the molecule is CNC(=O)C1CC(C(=O)O)C(C(=O)NC2CCC(S(=O)OC3CCC(C)CC3)CC2)CC1C(=O)O. The Morgan fingerprint density at radius 3 is 1.77 bits per heavy atom. The van der Waals surface area contributed by atoms with E-state index < -0.39 is 58.5 Å². The van der Waals surface area contributed by atoms with E-state index in [1.165, 1.54) is 7.05 Å². The molecule has 5 unspecified atom stereocenters. The van der Waals surface area contributed by atoms with E-state index >= 15 is 0 Å². The maximum atomic E-state index is 13.0. The third-order valence-corrected chi connectivity index (χ3v) is 9.51. The summed E-state index contributed by atoms with van der Waals surface area (Å²) in [6, 6.07) is -0.194. The third kappa shape index (κ3) is 7.03. The maximum Gasteiger partial charge on any atom is 0.307 e. The van der Waals surface area contributed by atoms with Crippen LogP contribution in [0, 0.1) is 29.6 Å². The molecule has 4 N–H and O–H groups in total. The molecule has 10 nitrogen and oxygen atoms in total. The summed E-state index contributed by atoms with van der Waals surface area (Å²) in [4.78, 5) is 48.9. The summed E-state index contributed by atoms with van der Waals surface area (Å²) in [6.07, 6.45) is 6.14. The molecule has 0 aromatic rings. The van der Waals surface area contributed by atoms with E-state index in [4.69, 9.17) is 4.18 Å². The Kier molecular flexibility index (Phi) is 9.69. The molecule has 5 atom stereocenters. The van der Waals surface area contributed by atoms with E-state index in [2.05, 4.69) is 17.6 Å². The molecule has 3 saturated carbocycles. The molecule has 2 amide bonds. The molecule has 0 saturated heterocycles. The Labute approximate surface area is 208 Å². The van der Waals surface area contributed by atoms with E-state index in [1.54, 1.807) is 0 Å². The summed E-state index contributed by atoms with van der Waals surface area (Å²) in [5.74, 6) is -7.05. The van der Waals surface area contributed by atoms with Crippen LogP contribution in [0.3, 0.4) is 0 Å². The van der Waals surface area contributed by atoms with Crippen LogP contribution < -0.4 is 10.6 Å². The fourth-order valence-corrected chi connectivity index (χ4v) is 7.04. The van der Waals surface area contributed by atoms with Gasteiger partial charge in [-0.25, -0.2) is 4.21 Å². The van der Waals surface area contributed by atoms with Gasteiger partial charge in [0.05, 0.1) is 35.0 Å². The van der Waals surface area contributed by atoms with Crippen molar-refractivity contribution in [2.75, 3.05) is 7.05 Å². The van der Waals surface area contributed by atoms with Crippen LogP contribution in [0.1, 0.15) is 71.1 Å². The largest absolute Gasteiger partial charge is 0.481 e. The first-order valence-corrected chi connectivity index (χ1v) is 13.8.